The third-order valence-corrected chi connectivity index (χ3v) is 2.80. The number of allylic oxidation sites excluding steroid dienone is 1. The van der Waals surface area contributed by atoms with E-state index in [-0.39, 0.29) is 0 Å². The summed E-state index contributed by atoms with van der Waals surface area (Å²) in [7, 11) is 0. The molecule has 5 nitrogen and oxygen atoms in total. The zero-order valence-electron chi connectivity index (χ0n) is 11.6. The van der Waals surface area contributed by atoms with Gasteiger partial charge in [0.15, 0.2) is 5.13 Å². The van der Waals surface area contributed by atoms with Crippen molar-refractivity contribution in [3.05, 3.63) is 11.1 Å². The second-order valence-corrected chi connectivity index (χ2v) is 5.85. The molecule has 0 bridgehead atoms. The maximum Gasteiger partial charge on any atom is 0.413 e. The van der Waals surface area contributed by atoms with Gasteiger partial charge in [0.2, 0.25) is 0 Å². The van der Waals surface area contributed by atoms with Crippen LogP contribution in [0.3, 0.4) is 0 Å². The molecule has 104 valence electrons. The van der Waals surface area contributed by atoms with E-state index >= 15 is 0 Å². The first-order valence-corrected chi connectivity index (χ1v) is 6.93. The molecule has 0 radical (unpaired) electrons. The number of hydrogen-bond donors (Lipinski definition) is 1. The van der Waals surface area contributed by atoms with Crippen molar-refractivity contribution in [2.45, 2.75) is 46.1 Å². The monoisotopic (exact) mass is 282 g/mol. The molecule has 1 rings (SSSR count). The summed E-state index contributed by atoms with van der Waals surface area (Å²) in [6, 6.07) is 0. The Bertz CT molecular complexity index is 496. The summed E-state index contributed by atoms with van der Waals surface area (Å²) in [5.41, 5.74) is 0.532. The number of carbonyl (C=O) groups excluding carboxylic acids is 2. The molecule has 19 heavy (non-hydrogen) atoms. The Balaban J connectivity index is 2.70. The van der Waals surface area contributed by atoms with E-state index in [1.807, 2.05) is 12.9 Å². The molecule has 1 N–H and O–H groups in total. The summed E-state index contributed by atoms with van der Waals surface area (Å²) < 4.78 is 5.12. The van der Waals surface area contributed by atoms with Gasteiger partial charge in [-0.3, -0.25) is 5.32 Å². The standard InChI is InChI=1S/C13H18N2O3S/c1-5-6-9(7-16)10-8-19-11(14-10)15-12(17)18-13(2,3)4/h8H,5-6H2,1-4H3,(H,14,15,17). The lowest BCUT2D eigenvalue weighted by atomic mass is 10.1. The van der Waals surface area contributed by atoms with E-state index in [9.17, 15) is 9.59 Å². The van der Waals surface area contributed by atoms with Gasteiger partial charge in [0.1, 0.15) is 11.5 Å². The van der Waals surface area contributed by atoms with Crippen LogP contribution in [0.5, 0.6) is 0 Å². The highest BCUT2D eigenvalue weighted by Crippen LogP contribution is 2.23. The molecular formula is C13H18N2O3S. The van der Waals surface area contributed by atoms with Crippen molar-refractivity contribution in [2.24, 2.45) is 0 Å². The first kappa shape index (κ1) is 15.4. The number of aromatic nitrogens is 1. The molecule has 0 fully saturated rings. The fourth-order valence-corrected chi connectivity index (χ4v) is 2.05. The zero-order chi connectivity index (χ0) is 14.5. The number of thiazole rings is 1. The number of carbonyl (C=O) groups is 1. The summed E-state index contributed by atoms with van der Waals surface area (Å²) in [4.78, 5) is 26.5. The maximum atomic E-state index is 11.6. The van der Waals surface area contributed by atoms with Crippen LogP contribution in [-0.4, -0.2) is 22.6 Å². The molecule has 1 aromatic heterocycles. The van der Waals surface area contributed by atoms with E-state index in [0.717, 1.165) is 6.42 Å². The maximum absolute atomic E-state index is 11.6. The van der Waals surface area contributed by atoms with Crippen molar-refractivity contribution >= 4 is 34.1 Å². The Hall–Kier alpha value is -1.65. The van der Waals surface area contributed by atoms with Crippen molar-refractivity contribution in [3.63, 3.8) is 0 Å². The van der Waals surface area contributed by atoms with Crippen molar-refractivity contribution in [3.8, 4) is 0 Å². The molecule has 1 heterocycles. The minimum absolute atomic E-state index is 0.410. The third kappa shape index (κ3) is 5.24. The van der Waals surface area contributed by atoms with E-state index in [2.05, 4.69) is 10.3 Å². The normalized spacial score (nSPS) is 10.7. The number of nitrogens with one attached hydrogen (secondary N) is 1. The summed E-state index contributed by atoms with van der Waals surface area (Å²) in [5.74, 6) is 1.89. The van der Waals surface area contributed by atoms with Crippen LogP contribution in [0.15, 0.2) is 5.38 Å². The predicted octanol–water partition coefficient (Wildman–Crippen LogP) is 3.51. The number of amides is 1. The lowest BCUT2D eigenvalue weighted by Gasteiger charge is -2.18. The topological polar surface area (TPSA) is 68.3 Å². The van der Waals surface area contributed by atoms with Gasteiger partial charge in [-0.2, -0.15) is 0 Å². The molecule has 0 unspecified atom stereocenters. The minimum Gasteiger partial charge on any atom is -0.444 e. The van der Waals surface area contributed by atoms with Crippen molar-refractivity contribution in [2.75, 3.05) is 5.32 Å². The van der Waals surface area contributed by atoms with Crippen molar-refractivity contribution in [1.82, 2.24) is 4.98 Å². The highest BCUT2D eigenvalue weighted by molar-refractivity contribution is 7.14. The number of hydrogen-bond acceptors (Lipinski definition) is 5. The number of anilines is 1. The Kier molecular flexibility index (Phi) is 5.27. The average molecular weight is 282 g/mol. The Labute approximate surface area is 116 Å². The van der Waals surface area contributed by atoms with Crippen LogP contribution in [0.1, 0.15) is 46.2 Å². The molecule has 0 saturated heterocycles. The van der Waals surface area contributed by atoms with Crippen LogP contribution >= 0.6 is 11.3 Å². The second-order valence-electron chi connectivity index (χ2n) is 5.00. The van der Waals surface area contributed by atoms with E-state index in [0.29, 0.717) is 22.8 Å². The SMILES string of the molecule is CCCC(=C=O)c1csc(NC(=O)OC(C)(C)C)n1. The minimum atomic E-state index is -0.555. The first-order chi connectivity index (χ1) is 8.85. The first-order valence-electron chi connectivity index (χ1n) is 6.05. The predicted molar refractivity (Wildman–Crippen MR) is 76.0 cm³/mol. The summed E-state index contributed by atoms with van der Waals surface area (Å²) in [5, 5.41) is 4.68. The van der Waals surface area contributed by atoms with Crippen LogP contribution in [0, 0.1) is 0 Å². The van der Waals surface area contributed by atoms with Crippen LogP contribution in [0.2, 0.25) is 0 Å². The van der Waals surface area contributed by atoms with Gasteiger partial charge in [-0.1, -0.05) is 13.3 Å². The van der Waals surface area contributed by atoms with Crippen LogP contribution < -0.4 is 5.32 Å². The Morgan fingerprint density at radius 1 is 1.53 bits per heavy atom. The quantitative estimate of drug-likeness (QED) is 0.858. The molecule has 0 aliphatic carbocycles. The van der Waals surface area contributed by atoms with Gasteiger partial charge >= 0.3 is 6.09 Å². The molecule has 1 aromatic rings. The molecule has 1 amide bonds. The zero-order valence-corrected chi connectivity index (χ0v) is 12.4. The third-order valence-electron chi connectivity index (χ3n) is 2.04. The fourth-order valence-electron chi connectivity index (χ4n) is 1.34. The number of nitrogens with zero attached hydrogens (tertiary/aromatic N) is 1. The van der Waals surface area contributed by atoms with Gasteiger partial charge in [-0.15, -0.1) is 11.3 Å². The van der Waals surface area contributed by atoms with Gasteiger partial charge in [0.05, 0.1) is 11.3 Å². The summed E-state index contributed by atoms with van der Waals surface area (Å²) in [6.45, 7) is 7.33. The smallest absolute Gasteiger partial charge is 0.413 e. The Morgan fingerprint density at radius 2 is 2.21 bits per heavy atom. The molecule has 0 atom stereocenters. The lowest BCUT2D eigenvalue weighted by Crippen LogP contribution is -2.27. The van der Waals surface area contributed by atoms with Crippen LogP contribution in [-0.2, 0) is 9.53 Å². The molecule has 6 heteroatoms. The average Bonchev–Trinajstić information content (AvgIpc) is 2.71. The highest BCUT2D eigenvalue weighted by atomic mass is 32.1. The molecule has 0 spiro atoms. The van der Waals surface area contributed by atoms with Crippen LogP contribution in [0.25, 0.3) is 5.57 Å². The van der Waals surface area contributed by atoms with E-state index < -0.39 is 11.7 Å². The van der Waals surface area contributed by atoms with Gasteiger partial charge < -0.3 is 4.74 Å². The highest BCUT2D eigenvalue weighted by Gasteiger charge is 2.17. The molecular weight excluding hydrogens is 264 g/mol. The van der Waals surface area contributed by atoms with Gasteiger partial charge in [-0.25, -0.2) is 14.6 Å². The van der Waals surface area contributed by atoms with Crippen LogP contribution in [0.4, 0.5) is 9.93 Å². The second kappa shape index (κ2) is 6.50. The molecule has 0 aliphatic rings. The molecule has 0 aromatic carbocycles. The van der Waals surface area contributed by atoms with E-state index in [4.69, 9.17) is 4.74 Å². The Morgan fingerprint density at radius 3 is 2.74 bits per heavy atom. The number of ether oxygens (including phenoxy) is 1. The summed E-state index contributed by atoms with van der Waals surface area (Å²) in [6.07, 6.45) is 0.913. The molecule has 0 saturated carbocycles. The number of rotatable bonds is 4. The van der Waals surface area contributed by atoms with E-state index in [1.165, 1.54) is 11.3 Å². The fraction of sp³-hybridized carbons (Fsp3) is 0.538. The lowest BCUT2D eigenvalue weighted by molar-refractivity contribution is 0.0636. The van der Waals surface area contributed by atoms with Crippen molar-refractivity contribution in [1.29, 1.82) is 0 Å². The molecule has 0 aliphatic heterocycles. The van der Waals surface area contributed by atoms with Gasteiger partial charge in [0, 0.05) is 5.38 Å². The largest absolute Gasteiger partial charge is 0.444 e. The summed E-state index contributed by atoms with van der Waals surface area (Å²) >= 11 is 1.25. The van der Waals surface area contributed by atoms with Gasteiger partial charge in [-0.05, 0) is 27.2 Å². The van der Waals surface area contributed by atoms with E-state index in [1.54, 1.807) is 26.2 Å². The van der Waals surface area contributed by atoms with Gasteiger partial charge in [0.25, 0.3) is 0 Å². The van der Waals surface area contributed by atoms with Crippen molar-refractivity contribution < 1.29 is 14.3 Å².